The minimum Gasteiger partial charge on any atom is -0.174 e. The van der Waals surface area contributed by atoms with Crippen molar-refractivity contribution in [3.8, 4) is 0 Å². The molecule has 0 saturated carbocycles. The van der Waals surface area contributed by atoms with Crippen LogP contribution < -0.4 is 0 Å². The lowest BCUT2D eigenvalue weighted by Gasteiger charge is -2.09. The first-order valence-electron chi connectivity index (χ1n) is 4.46. The van der Waals surface area contributed by atoms with Crippen molar-refractivity contribution in [3.05, 3.63) is 28.3 Å². The quantitative estimate of drug-likeness (QED) is 0.635. The monoisotopic (exact) mass is 236 g/mol. The Labute approximate surface area is 93.9 Å². The largest absolute Gasteiger partial charge is 0.379 e. The molecule has 4 heteroatoms. The second kappa shape index (κ2) is 6.05. The molecule has 86 valence electrons. The number of benzene rings is 1. The van der Waals surface area contributed by atoms with E-state index in [0.29, 0.717) is 0 Å². The SMILES string of the molecule is Cc1cc(S)c(C)c(C)c1C.FC(F)F. The van der Waals surface area contributed by atoms with Crippen LogP contribution in [0.25, 0.3) is 0 Å². The molecule has 0 saturated heterocycles. The van der Waals surface area contributed by atoms with E-state index in [1.54, 1.807) is 0 Å². The molecule has 0 aliphatic carbocycles. The number of rotatable bonds is 0. The highest BCUT2D eigenvalue weighted by atomic mass is 32.1. The molecule has 0 aromatic heterocycles. The van der Waals surface area contributed by atoms with Gasteiger partial charge in [0, 0.05) is 4.90 Å². The van der Waals surface area contributed by atoms with Crippen LogP contribution in [0.5, 0.6) is 0 Å². The van der Waals surface area contributed by atoms with Crippen molar-refractivity contribution < 1.29 is 13.2 Å². The molecule has 0 aliphatic rings. The summed E-state index contributed by atoms with van der Waals surface area (Å²) in [5, 5.41) is 0. The van der Waals surface area contributed by atoms with Gasteiger partial charge < -0.3 is 0 Å². The Balaban J connectivity index is 0.000000423. The van der Waals surface area contributed by atoms with Gasteiger partial charge in [-0.25, -0.2) is 0 Å². The number of hydrogen-bond donors (Lipinski definition) is 1. The number of halogens is 3. The van der Waals surface area contributed by atoms with E-state index in [2.05, 4.69) is 46.4 Å². The molecule has 0 unspecified atom stereocenters. The number of hydrogen-bond acceptors (Lipinski definition) is 1. The van der Waals surface area contributed by atoms with E-state index in [9.17, 15) is 13.2 Å². The Morgan fingerprint density at radius 3 is 1.73 bits per heavy atom. The summed E-state index contributed by atoms with van der Waals surface area (Å²) in [5.41, 5.74) is 5.39. The average molecular weight is 236 g/mol. The average Bonchev–Trinajstić information content (AvgIpc) is 2.11. The summed E-state index contributed by atoms with van der Waals surface area (Å²) in [7, 11) is 0. The van der Waals surface area contributed by atoms with Crippen LogP contribution in [0, 0.1) is 27.7 Å². The van der Waals surface area contributed by atoms with E-state index in [-0.39, 0.29) is 0 Å². The van der Waals surface area contributed by atoms with E-state index in [1.165, 1.54) is 22.3 Å². The molecule has 15 heavy (non-hydrogen) atoms. The van der Waals surface area contributed by atoms with E-state index in [0.717, 1.165) is 4.90 Å². The van der Waals surface area contributed by atoms with E-state index < -0.39 is 6.68 Å². The summed E-state index contributed by atoms with van der Waals surface area (Å²) < 4.78 is 29.0. The van der Waals surface area contributed by atoms with Crippen LogP contribution in [0.3, 0.4) is 0 Å². The Bertz CT molecular complexity index is 306. The maximum absolute atomic E-state index is 9.67. The summed E-state index contributed by atoms with van der Waals surface area (Å²) >= 11 is 4.38. The molecule has 0 amide bonds. The molecule has 0 bridgehead atoms. The summed E-state index contributed by atoms with van der Waals surface area (Å²) in [6, 6.07) is 2.13. The van der Waals surface area contributed by atoms with Gasteiger partial charge in [-0.2, -0.15) is 13.2 Å². The van der Waals surface area contributed by atoms with Gasteiger partial charge in [-0.3, -0.25) is 0 Å². The molecule has 0 radical (unpaired) electrons. The Morgan fingerprint density at radius 2 is 1.33 bits per heavy atom. The van der Waals surface area contributed by atoms with Gasteiger partial charge in [0.05, 0.1) is 0 Å². The zero-order valence-electron chi connectivity index (χ0n) is 9.24. The van der Waals surface area contributed by atoms with Crippen LogP contribution in [0.4, 0.5) is 13.2 Å². The van der Waals surface area contributed by atoms with Crippen molar-refractivity contribution in [2.24, 2.45) is 0 Å². The summed E-state index contributed by atoms with van der Waals surface area (Å²) in [5.74, 6) is 0. The maximum Gasteiger partial charge on any atom is 0.379 e. The summed E-state index contributed by atoms with van der Waals surface area (Å²) in [6.07, 6.45) is 0. The molecule has 0 N–H and O–H groups in total. The molecule has 0 fully saturated rings. The van der Waals surface area contributed by atoms with E-state index in [4.69, 9.17) is 0 Å². The molecule has 1 aromatic rings. The van der Waals surface area contributed by atoms with Crippen LogP contribution in [0.2, 0.25) is 0 Å². The number of thiol groups is 1. The van der Waals surface area contributed by atoms with Crippen LogP contribution in [-0.4, -0.2) is 6.68 Å². The van der Waals surface area contributed by atoms with Crippen molar-refractivity contribution in [1.29, 1.82) is 0 Å². The van der Waals surface area contributed by atoms with Gasteiger partial charge in [0.15, 0.2) is 0 Å². The fourth-order valence-electron chi connectivity index (χ4n) is 1.19. The molecule has 1 aromatic carbocycles. The number of alkyl halides is 3. The van der Waals surface area contributed by atoms with Gasteiger partial charge in [0.1, 0.15) is 0 Å². The highest BCUT2D eigenvalue weighted by Crippen LogP contribution is 2.23. The van der Waals surface area contributed by atoms with Gasteiger partial charge in [0.25, 0.3) is 0 Å². The third-order valence-corrected chi connectivity index (χ3v) is 2.92. The lowest BCUT2D eigenvalue weighted by atomic mass is 10.00. The van der Waals surface area contributed by atoms with Crippen molar-refractivity contribution in [2.45, 2.75) is 39.3 Å². The highest BCUT2D eigenvalue weighted by molar-refractivity contribution is 7.80. The predicted molar refractivity (Wildman–Crippen MR) is 59.8 cm³/mol. The standard InChI is InChI=1S/C10H14S.CHF3/c1-6-5-10(11)9(4)8(3)7(6)2;2-1(3)4/h5,11H,1-4H3;1H. The normalized spacial score (nSPS) is 9.93. The van der Waals surface area contributed by atoms with Crippen molar-refractivity contribution >= 4 is 12.6 Å². The second-order valence-electron chi connectivity index (χ2n) is 3.34. The van der Waals surface area contributed by atoms with Gasteiger partial charge in [-0.1, -0.05) is 0 Å². The Kier molecular flexibility index (Phi) is 5.80. The van der Waals surface area contributed by atoms with Crippen molar-refractivity contribution in [2.75, 3.05) is 0 Å². The van der Waals surface area contributed by atoms with Crippen molar-refractivity contribution in [1.82, 2.24) is 0 Å². The van der Waals surface area contributed by atoms with E-state index in [1.807, 2.05) is 0 Å². The zero-order chi connectivity index (χ0) is 12.2. The molecule has 0 aliphatic heterocycles. The lowest BCUT2D eigenvalue weighted by Crippen LogP contribution is -1.91. The van der Waals surface area contributed by atoms with Crippen LogP contribution in [-0.2, 0) is 0 Å². The highest BCUT2D eigenvalue weighted by Gasteiger charge is 2.03. The topological polar surface area (TPSA) is 0 Å². The van der Waals surface area contributed by atoms with Crippen LogP contribution in [0.15, 0.2) is 11.0 Å². The van der Waals surface area contributed by atoms with Crippen molar-refractivity contribution in [3.63, 3.8) is 0 Å². The van der Waals surface area contributed by atoms with Crippen LogP contribution >= 0.6 is 12.6 Å². The first-order valence-corrected chi connectivity index (χ1v) is 4.90. The first-order chi connectivity index (χ1) is 6.77. The van der Waals surface area contributed by atoms with Gasteiger partial charge in [0.2, 0.25) is 0 Å². The van der Waals surface area contributed by atoms with Gasteiger partial charge in [-0.05, 0) is 56.0 Å². The summed E-state index contributed by atoms with van der Waals surface area (Å²) in [6.45, 7) is 4.88. The molecule has 0 heterocycles. The minimum atomic E-state index is -3.67. The van der Waals surface area contributed by atoms with Gasteiger partial charge in [-0.15, -0.1) is 12.6 Å². The smallest absolute Gasteiger partial charge is 0.174 e. The molecular weight excluding hydrogens is 221 g/mol. The van der Waals surface area contributed by atoms with Crippen LogP contribution in [0.1, 0.15) is 22.3 Å². The molecule has 0 nitrogen and oxygen atoms in total. The fraction of sp³-hybridized carbons (Fsp3) is 0.455. The fourth-order valence-corrected chi connectivity index (χ4v) is 1.55. The third kappa shape index (κ3) is 4.60. The summed E-state index contributed by atoms with van der Waals surface area (Å²) in [4.78, 5) is 1.10. The molecule has 0 spiro atoms. The van der Waals surface area contributed by atoms with Gasteiger partial charge >= 0.3 is 6.68 Å². The molecule has 0 atom stereocenters. The Morgan fingerprint density at radius 1 is 0.933 bits per heavy atom. The maximum atomic E-state index is 9.67. The first kappa shape index (κ1) is 14.4. The predicted octanol–water partition coefficient (Wildman–Crippen LogP) is 4.39. The molecule has 1 rings (SSSR count). The third-order valence-electron chi connectivity index (χ3n) is 2.45. The van der Waals surface area contributed by atoms with E-state index >= 15 is 0 Å². The number of aryl methyl sites for hydroxylation is 1. The second-order valence-corrected chi connectivity index (χ2v) is 3.82. The minimum absolute atomic E-state index is 1.10. The Hall–Kier alpha value is -0.640. The molecular formula is C11H15F3S. The zero-order valence-corrected chi connectivity index (χ0v) is 10.1. The lowest BCUT2D eigenvalue weighted by molar-refractivity contribution is 0.00819.